The number of hydrogen-bond donors (Lipinski definition) is 2. The molecule has 0 aliphatic carbocycles. The second kappa shape index (κ2) is 9.16. The molecule has 0 bridgehead atoms. The summed E-state index contributed by atoms with van der Waals surface area (Å²) in [4.78, 5) is 3.03. The average molecular weight is 371 g/mol. The van der Waals surface area contributed by atoms with Crippen molar-refractivity contribution in [2.45, 2.75) is 17.5 Å². The highest BCUT2D eigenvalue weighted by molar-refractivity contribution is 7.89. The molecule has 7 nitrogen and oxygen atoms in total. The molecular formula is C13H20F3N3O4S. The van der Waals surface area contributed by atoms with Crippen LogP contribution in [0.1, 0.15) is 12.1 Å². The molecule has 0 unspecified atom stereocenters. The lowest BCUT2D eigenvalue weighted by Gasteiger charge is -2.14. The predicted molar refractivity (Wildman–Crippen MR) is 81.3 cm³/mol. The molecule has 0 spiro atoms. The topological polar surface area (TPSA) is 89.5 Å². The molecule has 1 aromatic rings. The molecule has 1 heterocycles. The van der Waals surface area contributed by atoms with Crippen LogP contribution in [0, 0.1) is 0 Å². The van der Waals surface area contributed by atoms with Crippen LogP contribution < -0.4 is 10.0 Å². The van der Waals surface area contributed by atoms with E-state index in [-0.39, 0.29) is 30.4 Å². The molecule has 0 fully saturated rings. The third-order valence-electron chi connectivity index (χ3n) is 2.85. The minimum atomic E-state index is -4.67. The van der Waals surface area contributed by atoms with Crippen molar-refractivity contribution >= 4 is 15.8 Å². The van der Waals surface area contributed by atoms with E-state index in [1.165, 1.54) is 14.2 Å². The second-order valence-corrected chi connectivity index (χ2v) is 6.44. The van der Waals surface area contributed by atoms with E-state index in [0.717, 1.165) is 6.07 Å². The Bertz CT molecular complexity index is 623. The molecule has 2 N–H and O–H groups in total. The highest BCUT2D eigenvalue weighted by Crippen LogP contribution is 2.30. The van der Waals surface area contributed by atoms with Gasteiger partial charge in [-0.3, -0.25) is 0 Å². The molecule has 1 rings (SSSR count). The molecule has 0 saturated carbocycles. The zero-order chi connectivity index (χ0) is 18.2. The number of pyridine rings is 1. The minimum absolute atomic E-state index is 0.0920. The van der Waals surface area contributed by atoms with E-state index in [2.05, 4.69) is 15.0 Å². The van der Waals surface area contributed by atoms with Gasteiger partial charge in [-0.2, -0.15) is 13.2 Å². The molecule has 11 heteroatoms. The number of hydrogen-bond acceptors (Lipinski definition) is 6. The smallest absolute Gasteiger partial charge is 0.385 e. The van der Waals surface area contributed by atoms with Crippen molar-refractivity contribution in [2.75, 3.05) is 45.8 Å². The van der Waals surface area contributed by atoms with Crippen molar-refractivity contribution in [3.63, 3.8) is 0 Å². The lowest BCUT2D eigenvalue weighted by molar-refractivity contribution is -0.141. The van der Waals surface area contributed by atoms with E-state index in [9.17, 15) is 21.6 Å². The monoisotopic (exact) mass is 371 g/mol. The van der Waals surface area contributed by atoms with Crippen molar-refractivity contribution in [2.24, 2.45) is 0 Å². The van der Waals surface area contributed by atoms with Gasteiger partial charge in [0, 0.05) is 33.9 Å². The van der Waals surface area contributed by atoms with E-state index in [1.54, 1.807) is 0 Å². The Morgan fingerprint density at radius 2 is 1.79 bits per heavy atom. The maximum atomic E-state index is 12.8. The summed E-state index contributed by atoms with van der Waals surface area (Å²) in [5.41, 5.74) is -1.18. The van der Waals surface area contributed by atoms with Gasteiger partial charge in [-0.25, -0.2) is 18.1 Å². The normalized spacial score (nSPS) is 12.4. The Balaban J connectivity index is 3.06. The van der Waals surface area contributed by atoms with Crippen LogP contribution in [0.15, 0.2) is 17.0 Å². The first kappa shape index (κ1) is 20.6. The summed E-state index contributed by atoms with van der Waals surface area (Å²) in [6.45, 7) is 0.733. The third-order valence-corrected chi connectivity index (χ3v) is 4.35. The molecule has 0 aliphatic rings. The first-order chi connectivity index (χ1) is 11.2. The van der Waals surface area contributed by atoms with E-state index >= 15 is 0 Å². The van der Waals surface area contributed by atoms with Crippen LogP contribution in [-0.4, -0.2) is 53.9 Å². The van der Waals surface area contributed by atoms with Gasteiger partial charge in [0.2, 0.25) is 10.0 Å². The van der Waals surface area contributed by atoms with Gasteiger partial charge in [-0.05, 0) is 18.6 Å². The van der Waals surface area contributed by atoms with Gasteiger partial charge >= 0.3 is 6.18 Å². The molecule has 0 amide bonds. The maximum Gasteiger partial charge on any atom is 0.433 e. The van der Waals surface area contributed by atoms with Crippen LogP contribution >= 0.6 is 0 Å². The van der Waals surface area contributed by atoms with Gasteiger partial charge in [0.1, 0.15) is 16.4 Å². The summed E-state index contributed by atoms with van der Waals surface area (Å²) in [6, 6.07) is 1.51. The van der Waals surface area contributed by atoms with Crippen molar-refractivity contribution in [3.8, 4) is 0 Å². The van der Waals surface area contributed by atoms with E-state index in [1.807, 2.05) is 0 Å². The minimum Gasteiger partial charge on any atom is -0.385 e. The summed E-state index contributed by atoms with van der Waals surface area (Å²) in [5, 5.41) is 2.55. The zero-order valence-corrected chi connectivity index (χ0v) is 14.1. The van der Waals surface area contributed by atoms with E-state index < -0.39 is 21.9 Å². The first-order valence-electron chi connectivity index (χ1n) is 7.02. The predicted octanol–water partition coefficient (Wildman–Crippen LogP) is 1.47. The van der Waals surface area contributed by atoms with Crippen LogP contribution in [0.25, 0.3) is 0 Å². The van der Waals surface area contributed by atoms with Crippen molar-refractivity contribution in [1.29, 1.82) is 0 Å². The Kier molecular flexibility index (Phi) is 7.87. The fraction of sp³-hybridized carbons (Fsp3) is 0.615. The highest BCUT2D eigenvalue weighted by Gasteiger charge is 2.34. The van der Waals surface area contributed by atoms with Crippen molar-refractivity contribution < 1.29 is 31.1 Å². The number of anilines is 1. The maximum absolute atomic E-state index is 12.8. The molecule has 0 atom stereocenters. The SMILES string of the molecule is COCCCNS(=O)(=O)c1ccc(C(F)(F)F)nc1NCCOC. The number of nitrogens with one attached hydrogen (secondary N) is 2. The fourth-order valence-electron chi connectivity index (χ4n) is 1.72. The largest absolute Gasteiger partial charge is 0.433 e. The number of ether oxygens (including phenoxy) is 2. The highest BCUT2D eigenvalue weighted by atomic mass is 32.2. The molecule has 1 aromatic heterocycles. The van der Waals surface area contributed by atoms with Crippen LogP contribution in [0.5, 0.6) is 0 Å². The third kappa shape index (κ3) is 6.23. The number of aromatic nitrogens is 1. The molecule has 0 aliphatic heterocycles. The summed E-state index contributed by atoms with van der Waals surface area (Å²) in [5.74, 6) is -0.374. The molecule has 0 radical (unpaired) electrons. The number of alkyl halides is 3. The summed E-state index contributed by atoms with van der Waals surface area (Å²) in [7, 11) is -1.12. The molecule has 138 valence electrons. The number of rotatable bonds is 10. The first-order valence-corrected chi connectivity index (χ1v) is 8.50. The van der Waals surface area contributed by atoms with Gasteiger partial charge in [-0.1, -0.05) is 0 Å². The lowest BCUT2D eigenvalue weighted by atomic mass is 10.3. The van der Waals surface area contributed by atoms with Crippen LogP contribution in [0.4, 0.5) is 19.0 Å². The standard InChI is InChI=1S/C13H20F3N3O4S/c1-22-8-3-6-18-24(20,21)10-4-5-11(13(14,15)16)19-12(10)17-7-9-23-2/h4-5,18H,3,6-9H2,1-2H3,(H,17,19). The number of methoxy groups -OCH3 is 2. The van der Waals surface area contributed by atoms with Gasteiger partial charge in [-0.15, -0.1) is 0 Å². The zero-order valence-electron chi connectivity index (χ0n) is 13.3. The summed E-state index contributed by atoms with van der Waals surface area (Å²) >= 11 is 0. The molecular weight excluding hydrogens is 351 g/mol. The van der Waals surface area contributed by atoms with Crippen LogP contribution in [0.2, 0.25) is 0 Å². The Hall–Kier alpha value is -1.43. The van der Waals surface area contributed by atoms with Gasteiger partial charge < -0.3 is 14.8 Å². The van der Waals surface area contributed by atoms with Crippen molar-refractivity contribution in [3.05, 3.63) is 17.8 Å². The Morgan fingerprint density at radius 3 is 2.38 bits per heavy atom. The Morgan fingerprint density at radius 1 is 1.12 bits per heavy atom. The van der Waals surface area contributed by atoms with Gasteiger partial charge in [0.15, 0.2) is 0 Å². The lowest BCUT2D eigenvalue weighted by Crippen LogP contribution is -2.27. The molecule has 0 aromatic carbocycles. The van der Waals surface area contributed by atoms with Gasteiger partial charge in [0.25, 0.3) is 0 Å². The van der Waals surface area contributed by atoms with Gasteiger partial charge in [0.05, 0.1) is 6.61 Å². The second-order valence-electron chi connectivity index (χ2n) is 4.70. The quantitative estimate of drug-likeness (QED) is 0.606. The fourth-order valence-corrected chi connectivity index (χ4v) is 2.91. The van der Waals surface area contributed by atoms with E-state index in [4.69, 9.17) is 9.47 Å². The van der Waals surface area contributed by atoms with Crippen LogP contribution in [-0.2, 0) is 25.7 Å². The number of nitrogens with zero attached hydrogens (tertiary/aromatic N) is 1. The van der Waals surface area contributed by atoms with Crippen LogP contribution in [0.3, 0.4) is 0 Å². The number of halogens is 3. The number of sulfonamides is 1. The average Bonchev–Trinajstić information content (AvgIpc) is 2.51. The van der Waals surface area contributed by atoms with E-state index in [0.29, 0.717) is 19.1 Å². The Labute approximate surface area is 138 Å². The summed E-state index contributed by atoms with van der Waals surface area (Å²) < 4.78 is 74.8. The summed E-state index contributed by atoms with van der Waals surface area (Å²) in [6.07, 6.45) is -4.25. The molecule has 0 saturated heterocycles. The molecule has 24 heavy (non-hydrogen) atoms. The van der Waals surface area contributed by atoms with Crippen molar-refractivity contribution in [1.82, 2.24) is 9.71 Å².